The topological polar surface area (TPSA) is 65.0 Å². The lowest BCUT2D eigenvalue weighted by Gasteiger charge is -2.06. The molecule has 1 aromatic heterocycles. The third kappa shape index (κ3) is 1.99. The van der Waals surface area contributed by atoms with Crippen LogP contribution in [0.5, 0.6) is 0 Å². The first kappa shape index (κ1) is 8.16. The molecule has 2 N–H and O–H groups in total. The Labute approximate surface area is 65.0 Å². The molecule has 1 heterocycles. The van der Waals surface area contributed by atoms with E-state index in [0.717, 1.165) is 5.69 Å². The fourth-order valence-electron chi connectivity index (χ4n) is 0.828. The number of aliphatic hydroxyl groups is 1. The summed E-state index contributed by atoms with van der Waals surface area (Å²) in [5.74, 6) is 0. The van der Waals surface area contributed by atoms with Gasteiger partial charge in [-0.05, 0) is 14.1 Å². The molecule has 11 heavy (non-hydrogen) atoms. The summed E-state index contributed by atoms with van der Waals surface area (Å²) in [5.41, 5.74) is 1.43. The molecule has 1 rings (SSSR count). The van der Waals surface area contributed by atoms with Gasteiger partial charge in [-0.3, -0.25) is 0 Å². The Morgan fingerprint density at radius 2 is 2.00 bits per heavy atom. The molecule has 0 aliphatic rings. The van der Waals surface area contributed by atoms with Crippen LogP contribution in [0.2, 0.25) is 0 Å². The van der Waals surface area contributed by atoms with Crippen molar-refractivity contribution in [3.8, 4) is 0 Å². The normalized spacial score (nSPS) is 10.9. The molecule has 0 aromatic carbocycles. The van der Waals surface area contributed by atoms with E-state index in [1.54, 1.807) is 0 Å². The summed E-state index contributed by atoms with van der Waals surface area (Å²) in [6.45, 7) is 0.645. The van der Waals surface area contributed by atoms with Crippen LogP contribution in [0.1, 0.15) is 11.4 Å². The van der Waals surface area contributed by atoms with Crippen LogP contribution in [0.3, 0.4) is 0 Å². The van der Waals surface area contributed by atoms with Crippen LogP contribution in [0.15, 0.2) is 0 Å². The highest BCUT2D eigenvalue weighted by atomic mass is 16.3. The lowest BCUT2D eigenvalue weighted by atomic mass is 10.3. The van der Waals surface area contributed by atoms with Crippen molar-refractivity contribution in [2.75, 3.05) is 14.1 Å². The zero-order valence-electron chi connectivity index (χ0n) is 6.70. The van der Waals surface area contributed by atoms with Gasteiger partial charge in [0.05, 0.1) is 6.61 Å². The Hall–Kier alpha value is -0.940. The summed E-state index contributed by atoms with van der Waals surface area (Å²) in [6.07, 6.45) is 0. The molecule has 0 radical (unpaired) electrons. The van der Waals surface area contributed by atoms with Crippen molar-refractivity contribution >= 4 is 0 Å². The lowest BCUT2D eigenvalue weighted by Crippen LogP contribution is -2.12. The number of hydrogen-bond donors (Lipinski definition) is 2. The van der Waals surface area contributed by atoms with Gasteiger partial charge >= 0.3 is 0 Å². The Kier molecular flexibility index (Phi) is 2.56. The van der Waals surface area contributed by atoms with E-state index >= 15 is 0 Å². The third-order valence-electron chi connectivity index (χ3n) is 1.32. The summed E-state index contributed by atoms with van der Waals surface area (Å²) in [5, 5.41) is 18.9. The molecule has 0 saturated carbocycles. The molecule has 5 heteroatoms. The van der Waals surface area contributed by atoms with Gasteiger partial charge in [0.1, 0.15) is 11.4 Å². The van der Waals surface area contributed by atoms with E-state index in [-0.39, 0.29) is 6.61 Å². The molecule has 0 bridgehead atoms. The lowest BCUT2D eigenvalue weighted by molar-refractivity contribution is 0.273. The molecule has 0 aliphatic carbocycles. The van der Waals surface area contributed by atoms with Crippen molar-refractivity contribution in [2.45, 2.75) is 13.2 Å². The Bertz CT molecular complexity index is 220. The molecule has 0 spiro atoms. The zero-order valence-corrected chi connectivity index (χ0v) is 6.70. The maximum atomic E-state index is 8.78. The predicted molar refractivity (Wildman–Crippen MR) is 39.7 cm³/mol. The zero-order chi connectivity index (χ0) is 8.27. The first-order chi connectivity index (χ1) is 5.24. The molecule has 0 aliphatic heterocycles. The number of H-pyrrole nitrogens is 1. The summed E-state index contributed by atoms with van der Waals surface area (Å²) in [4.78, 5) is 1.97. The van der Waals surface area contributed by atoms with Crippen LogP contribution in [0.4, 0.5) is 0 Å². The van der Waals surface area contributed by atoms with Crippen molar-refractivity contribution < 1.29 is 5.11 Å². The van der Waals surface area contributed by atoms with Crippen LogP contribution in [-0.4, -0.2) is 39.5 Å². The van der Waals surface area contributed by atoms with Gasteiger partial charge in [0.2, 0.25) is 0 Å². The molecular weight excluding hydrogens is 144 g/mol. The third-order valence-corrected chi connectivity index (χ3v) is 1.32. The average molecular weight is 156 g/mol. The Balaban J connectivity index is 2.68. The highest BCUT2D eigenvalue weighted by molar-refractivity contribution is 5.06. The van der Waals surface area contributed by atoms with Crippen LogP contribution >= 0.6 is 0 Å². The highest BCUT2D eigenvalue weighted by Gasteiger charge is 2.06. The number of aliphatic hydroxyl groups excluding tert-OH is 1. The van der Waals surface area contributed by atoms with Gasteiger partial charge in [0.25, 0.3) is 0 Å². The first-order valence-corrected chi connectivity index (χ1v) is 3.38. The first-order valence-electron chi connectivity index (χ1n) is 3.38. The number of nitrogens with zero attached hydrogens (tertiary/aromatic N) is 3. The molecule has 0 unspecified atom stereocenters. The average Bonchev–Trinajstić information content (AvgIpc) is 2.34. The van der Waals surface area contributed by atoms with Gasteiger partial charge in [-0.15, -0.1) is 0 Å². The van der Waals surface area contributed by atoms with Crippen molar-refractivity contribution in [2.24, 2.45) is 0 Å². The minimum atomic E-state index is -0.0559. The summed E-state index contributed by atoms with van der Waals surface area (Å²) < 4.78 is 0. The molecule has 1 aromatic rings. The molecule has 0 amide bonds. The second kappa shape index (κ2) is 3.45. The fraction of sp³-hybridized carbons (Fsp3) is 0.667. The molecule has 0 atom stereocenters. The van der Waals surface area contributed by atoms with Crippen molar-refractivity contribution in [3.63, 3.8) is 0 Å². The molecular formula is C6H12N4O. The van der Waals surface area contributed by atoms with E-state index in [2.05, 4.69) is 15.4 Å². The quantitative estimate of drug-likeness (QED) is 0.611. The van der Waals surface area contributed by atoms with Crippen LogP contribution in [-0.2, 0) is 13.2 Å². The van der Waals surface area contributed by atoms with E-state index < -0.39 is 0 Å². The van der Waals surface area contributed by atoms with Gasteiger partial charge in [-0.25, -0.2) is 0 Å². The van der Waals surface area contributed by atoms with E-state index in [1.807, 2.05) is 19.0 Å². The predicted octanol–water partition coefficient (Wildman–Crippen LogP) is -0.641. The molecule has 62 valence electrons. The summed E-state index contributed by atoms with van der Waals surface area (Å²) in [7, 11) is 3.88. The number of hydrogen-bond acceptors (Lipinski definition) is 4. The highest BCUT2D eigenvalue weighted by Crippen LogP contribution is 2.01. The fourth-order valence-corrected chi connectivity index (χ4v) is 0.828. The number of aromatic amines is 1. The van der Waals surface area contributed by atoms with E-state index in [4.69, 9.17) is 5.11 Å². The van der Waals surface area contributed by atoms with E-state index in [1.165, 1.54) is 0 Å². The van der Waals surface area contributed by atoms with Gasteiger partial charge in [-0.1, -0.05) is 0 Å². The van der Waals surface area contributed by atoms with Crippen LogP contribution in [0.25, 0.3) is 0 Å². The minimum absolute atomic E-state index is 0.0559. The maximum Gasteiger partial charge on any atom is 0.112 e. The molecule has 0 fully saturated rings. The Morgan fingerprint density at radius 3 is 2.55 bits per heavy atom. The van der Waals surface area contributed by atoms with Gasteiger partial charge in [0, 0.05) is 6.54 Å². The minimum Gasteiger partial charge on any atom is -0.390 e. The molecule has 5 nitrogen and oxygen atoms in total. The smallest absolute Gasteiger partial charge is 0.112 e. The van der Waals surface area contributed by atoms with Crippen LogP contribution < -0.4 is 0 Å². The standard InChI is InChI=1S/C6H12N4O/c1-10(2)3-5-6(4-11)8-9-7-5/h11H,3-4H2,1-2H3,(H,7,8,9). The number of rotatable bonds is 3. The van der Waals surface area contributed by atoms with Crippen molar-refractivity contribution in [3.05, 3.63) is 11.4 Å². The van der Waals surface area contributed by atoms with Gasteiger partial charge in [0.15, 0.2) is 0 Å². The largest absolute Gasteiger partial charge is 0.390 e. The SMILES string of the molecule is CN(C)Cc1n[nH]nc1CO. The summed E-state index contributed by atoms with van der Waals surface area (Å²) >= 11 is 0. The van der Waals surface area contributed by atoms with Gasteiger partial charge in [-0.2, -0.15) is 15.4 Å². The number of aromatic nitrogens is 3. The molecule has 0 saturated heterocycles. The summed E-state index contributed by atoms with van der Waals surface area (Å²) in [6, 6.07) is 0. The Morgan fingerprint density at radius 1 is 1.36 bits per heavy atom. The maximum absolute atomic E-state index is 8.78. The van der Waals surface area contributed by atoms with E-state index in [9.17, 15) is 0 Å². The van der Waals surface area contributed by atoms with Gasteiger partial charge < -0.3 is 10.0 Å². The van der Waals surface area contributed by atoms with Crippen molar-refractivity contribution in [1.82, 2.24) is 20.3 Å². The second-order valence-electron chi connectivity index (χ2n) is 2.61. The second-order valence-corrected chi connectivity index (χ2v) is 2.61. The number of nitrogens with one attached hydrogen (secondary N) is 1. The van der Waals surface area contributed by atoms with E-state index in [0.29, 0.717) is 12.2 Å². The van der Waals surface area contributed by atoms with Crippen LogP contribution in [0, 0.1) is 0 Å². The monoisotopic (exact) mass is 156 g/mol. The van der Waals surface area contributed by atoms with Crippen molar-refractivity contribution in [1.29, 1.82) is 0 Å².